The van der Waals surface area contributed by atoms with Gasteiger partial charge in [0, 0.05) is 13.7 Å². The fourth-order valence-electron chi connectivity index (χ4n) is 6.66. The summed E-state index contributed by atoms with van der Waals surface area (Å²) in [5.41, 5.74) is 0.829. The Hall–Kier alpha value is -0.850. The number of carbonyl (C=O) groups is 1. The molecule has 1 aliphatic carbocycles. The second-order valence-corrected chi connectivity index (χ2v) is 24.5. The van der Waals surface area contributed by atoms with Crippen LogP contribution in [0.5, 0.6) is 0 Å². The monoisotopic (exact) mass is 1190 g/mol. The van der Waals surface area contributed by atoms with Gasteiger partial charge in [-0.1, -0.05) is 43.2 Å². The predicted molar refractivity (Wildman–Crippen MR) is 267 cm³/mol. The quantitative estimate of drug-likeness (QED) is 0.0469. The van der Waals surface area contributed by atoms with Crippen LogP contribution < -0.4 is 5.32 Å². The number of phosphoric ester groups is 6. The summed E-state index contributed by atoms with van der Waals surface area (Å²) in [6.07, 6.45) is -12.6. The second-order valence-electron chi connectivity index (χ2n) is 14.7. The Morgan fingerprint density at radius 2 is 0.689 bits per heavy atom. The lowest BCUT2D eigenvalue weighted by molar-refractivity contribution is -0.207. The first kappa shape index (κ1) is 69.3. The fraction of sp³-hybridized carbons (Fsp3) is 0.829. The minimum Gasteiger partial charge on any atom is -0.445 e. The molecule has 0 aromatic heterocycles. The zero-order valence-electron chi connectivity index (χ0n) is 44.2. The summed E-state index contributed by atoms with van der Waals surface area (Å²) in [7, 11) is -28.7. The number of ether oxygens (including phenoxy) is 1. The van der Waals surface area contributed by atoms with Crippen LogP contribution in [-0.2, 0) is 120 Å². The zero-order valence-corrected chi connectivity index (χ0v) is 49.5. The molecule has 74 heavy (non-hydrogen) atoms. The van der Waals surface area contributed by atoms with Gasteiger partial charge in [-0.15, -0.1) is 0 Å². The number of carbonyl (C=O) groups excluding carboxylic acids is 1. The van der Waals surface area contributed by atoms with Crippen molar-refractivity contribution in [3.63, 3.8) is 0 Å². The van der Waals surface area contributed by atoms with Crippen molar-refractivity contribution in [2.24, 2.45) is 0 Å². The number of benzene rings is 1. The average molecular weight is 1190 g/mol. The van der Waals surface area contributed by atoms with E-state index in [1.54, 1.807) is 0 Å². The molecule has 3 unspecified atom stereocenters. The van der Waals surface area contributed by atoms with E-state index in [2.05, 4.69) is 5.32 Å². The summed E-state index contributed by atoms with van der Waals surface area (Å²) in [5.74, 6) is 0. The highest BCUT2D eigenvalue weighted by molar-refractivity contribution is 7.50. The predicted octanol–water partition coefficient (Wildman–Crippen LogP) is 11.5. The number of nitrogens with one attached hydrogen (secondary N) is 1. The molecule has 0 saturated heterocycles. The van der Waals surface area contributed by atoms with E-state index < -0.39 is 89.7 Å². The van der Waals surface area contributed by atoms with Crippen molar-refractivity contribution in [2.45, 2.75) is 138 Å². The summed E-state index contributed by atoms with van der Waals surface area (Å²) in [5, 5.41) is 2.68. The lowest BCUT2D eigenvalue weighted by Gasteiger charge is -2.50. The number of phosphoric acid groups is 6. The number of unbranched alkanes of at least 4 members (excludes halogenated alkanes) is 3. The van der Waals surface area contributed by atoms with Gasteiger partial charge in [-0.05, 0) is 87.6 Å². The Kier molecular flexibility index (Phi) is 33.4. The van der Waals surface area contributed by atoms with Crippen LogP contribution in [0.25, 0.3) is 0 Å². The first-order chi connectivity index (χ1) is 35.2. The molecule has 33 heteroatoms. The molecule has 1 amide bonds. The van der Waals surface area contributed by atoms with Crippen molar-refractivity contribution in [1.29, 1.82) is 0 Å². The molecule has 1 N–H and O–H groups in total. The molecule has 0 heterocycles. The highest BCUT2D eigenvalue weighted by atomic mass is 31.2. The van der Waals surface area contributed by atoms with E-state index in [1.165, 1.54) is 69.2 Å². The standard InChI is InChI=1S/C41H79NO26P6/c1-12-52-70(45,53-13-2)64-36-35(63-69(44,50-11)62-32-28-23-22-27-31-42-41(43)51-33-34-29-25-24-26-30-34)37(65-71(46,54-14-3)55-15-4)39(67-73(48,58-18-7)59-19-8)40(68-74(49,60-20-9)61-21-10)38(36)66-72(47,56-16-5)57-17-6/h24-26,29-30,35-40H,12-23,27-28,31-33H2,1-11H3,(H,42,43)/t35?,36-,37-,38-,39+,40?,69?/m0/s1. The normalized spacial score (nSPS) is 20.9. The molecular formula is C41H79NO26P6. The van der Waals surface area contributed by atoms with Gasteiger partial charge in [0.15, 0.2) is 0 Å². The van der Waals surface area contributed by atoms with Gasteiger partial charge in [0.05, 0.1) is 72.7 Å². The molecule has 1 fully saturated rings. The van der Waals surface area contributed by atoms with Gasteiger partial charge < -0.3 is 10.1 Å². The maximum absolute atomic E-state index is 14.9. The van der Waals surface area contributed by atoms with Gasteiger partial charge in [-0.3, -0.25) is 81.4 Å². The van der Waals surface area contributed by atoms with E-state index in [1.807, 2.05) is 30.3 Å². The molecule has 0 bridgehead atoms. The van der Waals surface area contributed by atoms with Gasteiger partial charge in [-0.2, -0.15) is 0 Å². The van der Waals surface area contributed by atoms with Gasteiger partial charge in [0.25, 0.3) is 0 Å². The lowest BCUT2D eigenvalue weighted by Crippen LogP contribution is -2.66. The first-order valence-electron chi connectivity index (χ1n) is 24.5. The molecular weight excluding hydrogens is 1110 g/mol. The molecule has 1 aromatic rings. The molecule has 434 valence electrons. The molecule has 27 nitrogen and oxygen atoms in total. The van der Waals surface area contributed by atoms with Crippen LogP contribution in [-0.4, -0.2) is 129 Å². The van der Waals surface area contributed by atoms with E-state index >= 15 is 0 Å². The van der Waals surface area contributed by atoms with Crippen LogP contribution in [0.2, 0.25) is 0 Å². The topological polar surface area (TPSA) is 307 Å². The Labute approximate surface area is 435 Å². The van der Waals surface area contributed by atoms with Crippen molar-refractivity contribution in [3.05, 3.63) is 35.9 Å². The SMILES string of the molecule is CCOP(=O)(OCC)OC1[C@@H](OP(=O)(OCC)OCC)[C@@H](OP(=O)(OCC)OCC)C(OP(=O)(OC)OCCCCCCNC(=O)OCc2ccccc2)[C@H](OP(=O)(OCC)OCC)[C@H]1OP(=O)(OCC)OCC. The van der Waals surface area contributed by atoms with Crippen LogP contribution in [0.15, 0.2) is 30.3 Å². The molecule has 7 atom stereocenters. The minimum absolute atomic E-state index is 0.102. The van der Waals surface area contributed by atoms with Crippen LogP contribution >= 0.6 is 46.9 Å². The number of amides is 1. The third-order valence-corrected chi connectivity index (χ3v) is 19.0. The van der Waals surface area contributed by atoms with Crippen LogP contribution in [0.4, 0.5) is 4.79 Å². The number of rotatable bonds is 43. The Morgan fingerprint density at radius 3 is 0.973 bits per heavy atom. The third-order valence-electron chi connectivity index (χ3n) is 9.35. The summed E-state index contributed by atoms with van der Waals surface area (Å²) in [4.78, 5) is 12.2. The maximum atomic E-state index is 14.9. The largest absolute Gasteiger partial charge is 0.475 e. The molecule has 0 aliphatic heterocycles. The van der Waals surface area contributed by atoms with Crippen molar-refractivity contribution < 1.29 is 118 Å². The van der Waals surface area contributed by atoms with Crippen molar-refractivity contribution in [3.8, 4) is 0 Å². The Morgan fingerprint density at radius 1 is 0.405 bits per heavy atom. The summed E-state index contributed by atoms with van der Waals surface area (Å²) in [6.45, 7) is 11.4. The first-order valence-corrected chi connectivity index (χ1v) is 33.3. The van der Waals surface area contributed by atoms with Crippen LogP contribution in [0, 0.1) is 0 Å². The molecule has 0 spiro atoms. The van der Waals surface area contributed by atoms with E-state index in [0.29, 0.717) is 25.8 Å². The highest BCUT2D eigenvalue weighted by Gasteiger charge is 2.65. The van der Waals surface area contributed by atoms with E-state index in [9.17, 15) is 32.2 Å². The van der Waals surface area contributed by atoms with Crippen LogP contribution in [0.1, 0.15) is 100 Å². The molecule has 2 rings (SSSR count). The smallest absolute Gasteiger partial charge is 0.445 e. The third kappa shape index (κ3) is 23.9. The molecule has 1 aliphatic rings. The summed E-state index contributed by atoms with van der Waals surface area (Å²) >= 11 is 0. The van der Waals surface area contributed by atoms with Crippen molar-refractivity contribution in [1.82, 2.24) is 5.32 Å². The van der Waals surface area contributed by atoms with E-state index in [4.69, 9.17) is 86.2 Å². The summed E-state index contributed by atoms with van der Waals surface area (Å²) < 4.78 is 197. The van der Waals surface area contributed by atoms with Gasteiger partial charge in [-0.25, -0.2) is 32.2 Å². The van der Waals surface area contributed by atoms with E-state index in [-0.39, 0.29) is 85.7 Å². The number of hydrogen-bond donors (Lipinski definition) is 1. The fourth-order valence-corrected chi connectivity index (χ4v) is 14.6. The Bertz CT molecular complexity index is 1900. The van der Waals surface area contributed by atoms with Gasteiger partial charge in [0.1, 0.15) is 43.2 Å². The molecule has 0 radical (unpaired) electrons. The van der Waals surface area contributed by atoms with Crippen molar-refractivity contribution >= 4 is 53.0 Å². The molecule has 1 saturated carbocycles. The van der Waals surface area contributed by atoms with Gasteiger partial charge >= 0.3 is 53.0 Å². The summed E-state index contributed by atoms with van der Waals surface area (Å²) in [6, 6.07) is 9.18. The number of alkyl carbamates (subject to hydrolysis) is 1. The van der Waals surface area contributed by atoms with Crippen LogP contribution in [0.3, 0.4) is 0 Å². The lowest BCUT2D eigenvalue weighted by atomic mass is 9.85. The zero-order chi connectivity index (χ0) is 55.3. The maximum Gasteiger partial charge on any atom is 0.475 e. The average Bonchev–Trinajstić information content (AvgIpc) is 3.33. The van der Waals surface area contributed by atoms with Gasteiger partial charge in [0.2, 0.25) is 0 Å². The van der Waals surface area contributed by atoms with E-state index in [0.717, 1.165) is 12.7 Å². The molecule has 1 aromatic carbocycles. The minimum atomic E-state index is -5.03. The number of hydrogen-bond acceptors (Lipinski definition) is 26. The second kappa shape index (κ2) is 35.7. The highest BCUT2D eigenvalue weighted by Crippen LogP contribution is 2.65. The Balaban J connectivity index is 2.94. The van der Waals surface area contributed by atoms with Crippen molar-refractivity contribution in [2.75, 3.05) is 86.3 Å².